The number of carbonyl (C=O) groups is 1. The molecule has 0 aromatic heterocycles. The third-order valence-electron chi connectivity index (χ3n) is 6.73. The van der Waals surface area contributed by atoms with Crippen LogP contribution in [0.2, 0.25) is 0 Å². The Kier molecular flexibility index (Phi) is 25.3. The quantitative estimate of drug-likeness (QED) is 0.0388. The molecular formula is C27H56NO5P. The average Bonchev–Trinajstić information content (AvgIpc) is 2.80. The Labute approximate surface area is 210 Å². The Morgan fingerprint density at radius 1 is 0.471 bits per heavy atom. The summed E-state index contributed by atoms with van der Waals surface area (Å²) >= 11 is 0. The van der Waals surface area contributed by atoms with Gasteiger partial charge in [0, 0.05) is 12.6 Å². The molecule has 0 atom stereocenters. The van der Waals surface area contributed by atoms with Crippen molar-refractivity contribution in [2.45, 2.75) is 161 Å². The second-order valence-corrected chi connectivity index (χ2v) is 11.9. The molecule has 34 heavy (non-hydrogen) atoms. The molecule has 0 fully saturated rings. The fourth-order valence-electron chi connectivity index (χ4n) is 4.55. The van der Waals surface area contributed by atoms with Crippen molar-refractivity contribution in [2.24, 2.45) is 0 Å². The minimum atomic E-state index is -3.78. The molecule has 0 saturated heterocycles. The summed E-state index contributed by atoms with van der Waals surface area (Å²) in [5, 5.41) is 8.42. The second kappa shape index (κ2) is 25.7. The van der Waals surface area contributed by atoms with Crippen molar-refractivity contribution in [2.75, 3.05) is 6.16 Å². The van der Waals surface area contributed by atoms with Gasteiger partial charge in [-0.05, 0) is 12.8 Å². The lowest BCUT2D eigenvalue weighted by Crippen LogP contribution is -2.17. The largest absolute Gasteiger partial charge is 0.325 e. The lowest BCUT2D eigenvalue weighted by molar-refractivity contribution is -0.129. The number of rotatable bonds is 27. The number of hydrogen-bond acceptors (Lipinski definition) is 3. The first-order valence-electron chi connectivity index (χ1n) is 14.4. The maximum Gasteiger partial charge on any atom is 0.325 e. The Morgan fingerprint density at radius 2 is 0.706 bits per heavy atom. The standard InChI is InChI=1S/C27H56NO5P/c29-27(28-30)25-23-21-19-17-15-13-11-9-7-5-3-1-2-4-6-8-10-12-14-16-18-20-22-24-26-34(31,32)33/h30H,1-26H2,(H,28,29)(H2,31,32,33). The zero-order valence-corrected chi connectivity index (χ0v) is 22.9. The molecule has 0 saturated carbocycles. The van der Waals surface area contributed by atoms with E-state index in [1.807, 2.05) is 0 Å². The zero-order valence-electron chi connectivity index (χ0n) is 22.0. The lowest BCUT2D eigenvalue weighted by atomic mass is 10.0. The summed E-state index contributed by atoms with van der Waals surface area (Å²) < 4.78 is 10.8. The number of amides is 1. The van der Waals surface area contributed by atoms with Gasteiger partial charge in [0.25, 0.3) is 0 Å². The molecule has 0 aromatic rings. The van der Waals surface area contributed by atoms with E-state index < -0.39 is 7.60 Å². The van der Waals surface area contributed by atoms with E-state index in [0.717, 1.165) is 25.7 Å². The third-order valence-corrected chi connectivity index (χ3v) is 7.63. The highest BCUT2D eigenvalue weighted by Crippen LogP contribution is 2.35. The smallest absolute Gasteiger partial charge is 0.324 e. The van der Waals surface area contributed by atoms with Crippen LogP contribution in [0.3, 0.4) is 0 Å². The van der Waals surface area contributed by atoms with E-state index in [1.54, 1.807) is 5.48 Å². The highest BCUT2D eigenvalue weighted by Gasteiger charge is 2.10. The molecule has 0 aromatic carbocycles. The van der Waals surface area contributed by atoms with Gasteiger partial charge in [0.2, 0.25) is 5.91 Å². The Balaban J connectivity index is 3.06. The van der Waals surface area contributed by atoms with Gasteiger partial charge >= 0.3 is 7.60 Å². The van der Waals surface area contributed by atoms with Gasteiger partial charge in [-0.1, -0.05) is 141 Å². The molecule has 6 nitrogen and oxygen atoms in total. The molecule has 0 aliphatic heterocycles. The zero-order chi connectivity index (χ0) is 25.2. The van der Waals surface area contributed by atoms with E-state index in [2.05, 4.69) is 0 Å². The molecule has 0 heterocycles. The molecule has 0 spiro atoms. The van der Waals surface area contributed by atoms with Gasteiger partial charge in [0.05, 0.1) is 0 Å². The fraction of sp³-hybridized carbons (Fsp3) is 0.963. The predicted octanol–water partition coefficient (Wildman–Crippen LogP) is 8.42. The SMILES string of the molecule is O=C(CCCCCCCCCCCCCCCCCCCCCCCCCCP(=O)(O)O)NO. The van der Waals surface area contributed by atoms with E-state index in [1.165, 1.54) is 122 Å². The highest BCUT2D eigenvalue weighted by atomic mass is 31.2. The summed E-state index contributed by atoms with van der Waals surface area (Å²) in [6, 6.07) is 0. The first kappa shape index (κ1) is 33.6. The fourth-order valence-corrected chi connectivity index (χ4v) is 5.18. The predicted molar refractivity (Wildman–Crippen MR) is 142 cm³/mol. The van der Waals surface area contributed by atoms with Gasteiger partial charge in [-0.2, -0.15) is 0 Å². The molecule has 0 aliphatic carbocycles. The van der Waals surface area contributed by atoms with Crippen molar-refractivity contribution in [3.05, 3.63) is 0 Å². The van der Waals surface area contributed by atoms with Crippen LogP contribution in [0.1, 0.15) is 161 Å². The first-order valence-corrected chi connectivity index (χ1v) is 16.2. The van der Waals surface area contributed by atoms with Crippen LogP contribution in [0.5, 0.6) is 0 Å². The van der Waals surface area contributed by atoms with Crippen molar-refractivity contribution < 1.29 is 24.4 Å². The minimum Gasteiger partial charge on any atom is -0.324 e. The summed E-state index contributed by atoms with van der Waals surface area (Å²) in [6.45, 7) is 0. The van der Waals surface area contributed by atoms with Gasteiger partial charge in [-0.25, -0.2) is 5.48 Å². The van der Waals surface area contributed by atoms with Crippen LogP contribution in [-0.4, -0.2) is 27.1 Å². The number of unbranched alkanes of at least 4 members (excludes halogenated alkanes) is 23. The molecule has 4 N–H and O–H groups in total. The van der Waals surface area contributed by atoms with Crippen molar-refractivity contribution in [3.8, 4) is 0 Å². The van der Waals surface area contributed by atoms with Gasteiger partial charge in [-0.3, -0.25) is 14.6 Å². The molecule has 0 rings (SSSR count). The molecular weight excluding hydrogens is 449 g/mol. The third kappa shape index (κ3) is 29.6. The van der Waals surface area contributed by atoms with Crippen LogP contribution in [0.4, 0.5) is 0 Å². The number of nitrogens with one attached hydrogen (secondary N) is 1. The number of carbonyl (C=O) groups excluding carboxylic acids is 1. The first-order chi connectivity index (χ1) is 16.5. The molecule has 0 bridgehead atoms. The van der Waals surface area contributed by atoms with E-state index in [0.29, 0.717) is 12.8 Å². The van der Waals surface area contributed by atoms with Crippen molar-refractivity contribution >= 4 is 13.5 Å². The van der Waals surface area contributed by atoms with E-state index in [4.69, 9.17) is 15.0 Å². The molecule has 0 radical (unpaired) electrons. The van der Waals surface area contributed by atoms with Crippen molar-refractivity contribution in [3.63, 3.8) is 0 Å². The van der Waals surface area contributed by atoms with Crippen LogP contribution < -0.4 is 5.48 Å². The molecule has 0 unspecified atom stereocenters. The molecule has 0 aliphatic rings. The molecule has 1 amide bonds. The van der Waals surface area contributed by atoms with E-state index in [-0.39, 0.29) is 12.1 Å². The molecule has 204 valence electrons. The topological polar surface area (TPSA) is 107 Å². The molecule has 7 heteroatoms. The summed E-state index contributed by atoms with van der Waals surface area (Å²) in [5.74, 6) is -0.271. The van der Waals surface area contributed by atoms with Gasteiger partial charge < -0.3 is 9.79 Å². The average molecular weight is 506 g/mol. The minimum absolute atomic E-state index is 0.0486. The summed E-state index contributed by atoms with van der Waals surface area (Å²) in [5.41, 5.74) is 1.68. The van der Waals surface area contributed by atoms with E-state index >= 15 is 0 Å². The maximum atomic E-state index is 10.9. The Hall–Kier alpha value is -0.420. The number of hydroxylamine groups is 1. The summed E-state index contributed by atoms with van der Waals surface area (Å²) in [4.78, 5) is 28.5. The van der Waals surface area contributed by atoms with Crippen LogP contribution in [0.25, 0.3) is 0 Å². The van der Waals surface area contributed by atoms with Crippen LogP contribution in [0.15, 0.2) is 0 Å². The maximum absolute atomic E-state index is 10.9. The van der Waals surface area contributed by atoms with Gasteiger partial charge in [0.15, 0.2) is 0 Å². The Morgan fingerprint density at radius 3 is 0.941 bits per heavy atom. The van der Waals surface area contributed by atoms with Crippen LogP contribution >= 0.6 is 7.60 Å². The number of hydrogen-bond donors (Lipinski definition) is 4. The summed E-state index contributed by atoms with van der Waals surface area (Å²) in [7, 11) is -3.78. The van der Waals surface area contributed by atoms with Crippen molar-refractivity contribution in [1.82, 2.24) is 5.48 Å². The normalized spacial score (nSPS) is 11.7. The lowest BCUT2D eigenvalue weighted by Gasteiger charge is -2.05. The van der Waals surface area contributed by atoms with Gasteiger partial charge in [0.1, 0.15) is 0 Å². The van der Waals surface area contributed by atoms with Crippen LogP contribution in [-0.2, 0) is 9.36 Å². The van der Waals surface area contributed by atoms with Gasteiger partial charge in [-0.15, -0.1) is 0 Å². The van der Waals surface area contributed by atoms with Crippen molar-refractivity contribution in [1.29, 1.82) is 0 Å². The summed E-state index contributed by atoms with van der Waals surface area (Å²) in [6.07, 6.45) is 30.6. The Bertz CT molecular complexity index is 484. The highest BCUT2D eigenvalue weighted by molar-refractivity contribution is 7.51. The van der Waals surface area contributed by atoms with Crippen LogP contribution in [0, 0.1) is 0 Å². The monoisotopic (exact) mass is 505 g/mol. The second-order valence-electron chi connectivity index (χ2n) is 10.2. The van der Waals surface area contributed by atoms with E-state index in [9.17, 15) is 9.36 Å².